The van der Waals surface area contributed by atoms with E-state index in [4.69, 9.17) is 4.74 Å². The van der Waals surface area contributed by atoms with Crippen LogP contribution in [0.1, 0.15) is 6.92 Å². The van der Waals surface area contributed by atoms with Gasteiger partial charge in [-0.25, -0.2) is 4.39 Å². The zero-order valence-electron chi connectivity index (χ0n) is 8.91. The summed E-state index contributed by atoms with van der Waals surface area (Å²) in [7, 11) is 0. The number of hydrogen-bond donors (Lipinski definition) is 1. The lowest BCUT2D eigenvalue weighted by atomic mass is 10.3. The third-order valence-corrected chi connectivity index (χ3v) is 3.15. The number of nitrogens with one attached hydrogen (secondary N) is 1. The summed E-state index contributed by atoms with van der Waals surface area (Å²) in [6.07, 6.45) is 0. The quantitative estimate of drug-likeness (QED) is 0.936. The molecule has 2 aromatic rings. The zero-order chi connectivity index (χ0) is 12.3. The van der Waals surface area contributed by atoms with Gasteiger partial charge in [0.15, 0.2) is 15.5 Å². The molecule has 0 aliphatic rings. The van der Waals surface area contributed by atoms with E-state index in [1.165, 1.54) is 17.4 Å². The van der Waals surface area contributed by atoms with Crippen LogP contribution < -0.4 is 10.1 Å². The van der Waals surface area contributed by atoms with Crippen LogP contribution in [0.4, 0.5) is 15.2 Å². The minimum Gasteiger partial charge on any atom is -0.491 e. The molecule has 0 radical (unpaired) electrons. The Morgan fingerprint density at radius 1 is 1.47 bits per heavy atom. The molecule has 0 saturated heterocycles. The van der Waals surface area contributed by atoms with E-state index < -0.39 is 5.82 Å². The molecule has 0 aliphatic carbocycles. The fourth-order valence-corrected chi connectivity index (χ4v) is 2.26. The molecule has 90 valence electrons. The molecule has 7 heteroatoms. The lowest BCUT2D eigenvalue weighted by molar-refractivity contribution is 0.321. The highest BCUT2D eigenvalue weighted by molar-refractivity contribution is 9.11. The SMILES string of the molecule is CCOc1ccc(Nc2nnc(Br)s2)cc1F. The number of rotatable bonds is 4. The molecule has 0 aliphatic heterocycles. The summed E-state index contributed by atoms with van der Waals surface area (Å²) < 4.78 is 19.3. The first-order valence-electron chi connectivity index (χ1n) is 4.87. The van der Waals surface area contributed by atoms with Gasteiger partial charge in [-0.3, -0.25) is 0 Å². The minimum atomic E-state index is -0.402. The number of nitrogens with zero attached hydrogens (tertiary/aromatic N) is 2. The van der Waals surface area contributed by atoms with Gasteiger partial charge in [-0.05, 0) is 35.0 Å². The number of benzene rings is 1. The molecule has 0 fully saturated rings. The van der Waals surface area contributed by atoms with E-state index in [1.807, 2.05) is 6.92 Å². The van der Waals surface area contributed by atoms with Crippen molar-refractivity contribution in [2.45, 2.75) is 6.92 Å². The molecule has 1 aromatic heterocycles. The van der Waals surface area contributed by atoms with Gasteiger partial charge in [0.1, 0.15) is 0 Å². The van der Waals surface area contributed by atoms with Gasteiger partial charge in [0.2, 0.25) is 5.13 Å². The average molecular weight is 318 g/mol. The van der Waals surface area contributed by atoms with Crippen LogP contribution in [-0.2, 0) is 0 Å². The Morgan fingerprint density at radius 3 is 2.88 bits per heavy atom. The topological polar surface area (TPSA) is 47.0 Å². The number of hydrogen-bond acceptors (Lipinski definition) is 5. The van der Waals surface area contributed by atoms with Crippen LogP contribution in [0.15, 0.2) is 22.1 Å². The highest BCUT2D eigenvalue weighted by Gasteiger charge is 2.06. The molecule has 2 rings (SSSR count). The van der Waals surface area contributed by atoms with Gasteiger partial charge in [0.05, 0.1) is 6.61 Å². The smallest absolute Gasteiger partial charge is 0.210 e. The summed E-state index contributed by atoms with van der Waals surface area (Å²) in [5, 5.41) is 11.2. The molecule has 0 spiro atoms. The molecule has 0 unspecified atom stereocenters. The second-order valence-corrected chi connectivity index (χ2v) is 5.32. The first-order valence-corrected chi connectivity index (χ1v) is 6.48. The molecule has 17 heavy (non-hydrogen) atoms. The van der Waals surface area contributed by atoms with Crippen LogP contribution in [0.2, 0.25) is 0 Å². The highest BCUT2D eigenvalue weighted by Crippen LogP contribution is 2.26. The fourth-order valence-electron chi connectivity index (χ4n) is 1.23. The zero-order valence-corrected chi connectivity index (χ0v) is 11.3. The van der Waals surface area contributed by atoms with Crippen molar-refractivity contribution in [2.75, 3.05) is 11.9 Å². The van der Waals surface area contributed by atoms with E-state index >= 15 is 0 Å². The second kappa shape index (κ2) is 5.42. The van der Waals surface area contributed by atoms with E-state index in [-0.39, 0.29) is 5.75 Å². The van der Waals surface area contributed by atoms with Crippen molar-refractivity contribution in [3.05, 3.63) is 27.9 Å². The van der Waals surface area contributed by atoms with Crippen LogP contribution in [0.3, 0.4) is 0 Å². The van der Waals surface area contributed by atoms with Crippen molar-refractivity contribution in [1.82, 2.24) is 10.2 Å². The lowest BCUT2D eigenvalue weighted by Crippen LogP contribution is -1.96. The van der Waals surface area contributed by atoms with Crippen molar-refractivity contribution in [3.8, 4) is 5.75 Å². The average Bonchev–Trinajstić information content (AvgIpc) is 2.68. The minimum absolute atomic E-state index is 0.247. The van der Waals surface area contributed by atoms with Gasteiger partial charge in [0, 0.05) is 11.8 Å². The normalized spacial score (nSPS) is 10.3. The fraction of sp³-hybridized carbons (Fsp3) is 0.200. The molecular formula is C10H9BrFN3OS. The molecular weight excluding hydrogens is 309 g/mol. The van der Waals surface area contributed by atoms with Gasteiger partial charge < -0.3 is 10.1 Å². The largest absolute Gasteiger partial charge is 0.491 e. The van der Waals surface area contributed by atoms with E-state index in [1.54, 1.807) is 12.1 Å². The molecule has 1 heterocycles. The Kier molecular flexibility index (Phi) is 3.90. The summed E-state index contributed by atoms with van der Waals surface area (Å²) >= 11 is 4.54. The van der Waals surface area contributed by atoms with Crippen molar-refractivity contribution in [2.24, 2.45) is 0 Å². The molecule has 0 atom stereocenters. The van der Waals surface area contributed by atoms with E-state index in [0.29, 0.717) is 21.3 Å². The van der Waals surface area contributed by atoms with Gasteiger partial charge in [0.25, 0.3) is 0 Å². The molecule has 0 saturated carbocycles. The van der Waals surface area contributed by atoms with E-state index in [2.05, 4.69) is 31.4 Å². The standard InChI is InChI=1S/C10H9BrFN3OS/c1-2-16-8-4-3-6(5-7(8)12)13-10-15-14-9(11)17-10/h3-5H,2H2,1H3,(H,13,15). The van der Waals surface area contributed by atoms with Crippen LogP contribution in [0.25, 0.3) is 0 Å². The van der Waals surface area contributed by atoms with Crippen molar-refractivity contribution in [1.29, 1.82) is 0 Å². The maximum absolute atomic E-state index is 13.5. The maximum atomic E-state index is 13.5. The van der Waals surface area contributed by atoms with Gasteiger partial charge in [-0.2, -0.15) is 0 Å². The van der Waals surface area contributed by atoms with E-state index in [9.17, 15) is 4.39 Å². The Bertz CT molecular complexity index is 520. The second-order valence-electron chi connectivity index (χ2n) is 3.06. The van der Waals surface area contributed by atoms with Crippen LogP contribution in [0, 0.1) is 5.82 Å². The molecule has 0 bridgehead atoms. The number of ether oxygens (including phenoxy) is 1. The van der Waals surface area contributed by atoms with E-state index in [0.717, 1.165) is 0 Å². The summed E-state index contributed by atoms with van der Waals surface area (Å²) in [4.78, 5) is 0. The van der Waals surface area contributed by atoms with Gasteiger partial charge in [-0.1, -0.05) is 11.3 Å². The summed E-state index contributed by atoms with van der Waals surface area (Å²) in [5.74, 6) is -0.156. The first-order chi connectivity index (χ1) is 8.19. The number of halogens is 2. The summed E-state index contributed by atoms with van der Waals surface area (Å²) in [6.45, 7) is 2.25. The molecule has 4 nitrogen and oxygen atoms in total. The Labute approximate surface area is 110 Å². The predicted octanol–water partition coefficient (Wildman–Crippen LogP) is 3.58. The Hall–Kier alpha value is -1.21. The molecule has 1 N–H and O–H groups in total. The third-order valence-electron chi connectivity index (χ3n) is 1.88. The highest BCUT2D eigenvalue weighted by atomic mass is 79.9. The van der Waals surface area contributed by atoms with Crippen molar-refractivity contribution >= 4 is 38.1 Å². The lowest BCUT2D eigenvalue weighted by Gasteiger charge is -2.06. The summed E-state index contributed by atoms with van der Waals surface area (Å²) in [5.41, 5.74) is 0.606. The van der Waals surface area contributed by atoms with Crippen LogP contribution in [0.5, 0.6) is 5.75 Å². The first kappa shape index (κ1) is 12.3. The number of anilines is 2. The monoisotopic (exact) mass is 317 g/mol. The number of aromatic nitrogens is 2. The van der Waals surface area contributed by atoms with Gasteiger partial charge in [-0.15, -0.1) is 10.2 Å². The Morgan fingerprint density at radius 2 is 2.29 bits per heavy atom. The molecule has 0 amide bonds. The van der Waals surface area contributed by atoms with Crippen LogP contribution in [-0.4, -0.2) is 16.8 Å². The Balaban J connectivity index is 2.14. The maximum Gasteiger partial charge on any atom is 0.210 e. The van der Waals surface area contributed by atoms with Crippen molar-refractivity contribution in [3.63, 3.8) is 0 Å². The van der Waals surface area contributed by atoms with Crippen LogP contribution >= 0.6 is 27.3 Å². The predicted molar refractivity (Wildman–Crippen MR) is 68.5 cm³/mol. The van der Waals surface area contributed by atoms with Gasteiger partial charge >= 0.3 is 0 Å². The van der Waals surface area contributed by atoms with Crippen molar-refractivity contribution < 1.29 is 9.13 Å². The summed E-state index contributed by atoms with van der Waals surface area (Å²) in [6, 6.07) is 4.67. The third kappa shape index (κ3) is 3.13. The molecule has 1 aromatic carbocycles.